The van der Waals surface area contributed by atoms with Gasteiger partial charge in [-0.25, -0.2) is 23.1 Å². The molecule has 0 amide bonds. The number of nitrogens with one attached hydrogen (secondary N) is 1. The van der Waals surface area contributed by atoms with Gasteiger partial charge in [0.2, 0.25) is 0 Å². The molecule has 1 aromatic carbocycles. The van der Waals surface area contributed by atoms with E-state index >= 15 is 0 Å². The van der Waals surface area contributed by atoms with Gasteiger partial charge >= 0.3 is 0 Å². The Morgan fingerprint density at radius 1 is 1.24 bits per heavy atom. The Morgan fingerprint density at radius 2 is 2.08 bits per heavy atom. The van der Waals surface area contributed by atoms with Gasteiger partial charge in [-0.2, -0.15) is 0 Å². The zero-order valence-corrected chi connectivity index (χ0v) is 13.2. The summed E-state index contributed by atoms with van der Waals surface area (Å²) in [4.78, 5) is 10.5. The molecule has 128 valence electrons. The fraction of sp³-hybridized carbons (Fsp3) is 0.176. The number of hydrogen-bond donors (Lipinski definition) is 1. The molecule has 0 saturated heterocycles. The molecule has 4 rings (SSSR count). The lowest BCUT2D eigenvalue weighted by Gasteiger charge is -2.26. The van der Waals surface area contributed by atoms with Crippen LogP contribution in [0.1, 0.15) is 17.6 Å². The summed E-state index contributed by atoms with van der Waals surface area (Å²) in [6.07, 6.45) is 4.25. The van der Waals surface area contributed by atoms with E-state index in [0.717, 1.165) is 17.2 Å². The summed E-state index contributed by atoms with van der Waals surface area (Å²) < 4.78 is 43.0. The number of rotatable bonds is 3. The van der Waals surface area contributed by atoms with Crippen molar-refractivity contribution in [1.29, 1.82) is 0 Å². The van der Waals surface area contributed by atoms with E-state index in [1.54, 1.807) is 29.6 Å². The summed E-state index contributed by atoms with van der Waals surface area (Å²) in [7, 11) is 1.84. The first-order valence-corrected chi connectivity index (χ1v) is 7.64. The van der Waals surface area contributed by atoms with Crippen molar-refractivity contribution in [3.05, 3.63) is 71.7 Å². The molecule has 1 atom stereocenters. The summed E-state index contributed by atoms with van der Waals surface area (Å²) in [5.74, 6) is -2.41. The predicted molar refractivity (Wildman–Crippen MR) is 85.4 cm³/mol. The number of fused-ring (bicyclic) bond motifs is 1. The van der Waals surface area contributed by atoms with Crippen LogP contribution in [0.2, 0.25) is 0 Å². The van der Waals surface area contributed by atoms with E-state index in [2.05, 4.69) is 15.3 Å². The van der Waals surface area contributed by atoms with E-state index in [1.165, 1.54) is 0 Å². The van der Waals surface area contributed by atoms with Crippen LogP contribution in [0, 0.1) is 17.5 Å². The average Bonchev–Trinajstić information content (AvgIpc) is 3.17. The van der Waals surface area contributed by atoms with Crippen molar-refractivity contribution in [2.45, 2.75) is 12.7 Å². The summed E-state index contributed by atoms with van der Waals surface area (Å²) in [5.41, 5.74) is 1.38. The normalized spacial score (nSPS) is 16.6. The molecule has 0 aliphatic carbocycles. The van der Waals surface area contributed by atoms with Gasteiger partial charge < -0.3 is 14.8 Å². The molecule has 8 heteroatoms. The molecule has 0 fully saturated rings. The van der Waals surface area contributed by atoms with Gasteiger partial charge in [-0.1, -0.05) is 0 Å². The van der Waals surface area contributed by atoms with Gasteiger partial charge in [0, 0.05) is 37.3 Å². The summed E-state index contributed by atoms with van der Waals surface area (Å²) in [5, 5.41) is 2.91. The molecule has 3 aromatic rings. The van der Waals surface area contributed by atoms with Crippen LogP contribution in [0.3, 0.4) is 0 Å². The molecule has 1 unspecified atom stereocenters. The van der Waals surface area contributed by atoms with Crippen molar-refractivity contribution in [3.8, 4) is 0 Å². The third-order valence-electron chi connectivity index (χ3n) is 4.21. The number of halogens is 3. The van der Waals surface area contributed by atoms with E-state index in [4.69, 9.17) is 0 Å². The highest BCUT2D eigenvalue weighted by molar-refractivity contribution is 5.70. The molecule has 0 radical (unpaired) electrons. The van der Waals surface area contributed by atoms with Gasteiger partial charge in [0.1, 0.15) is 23.3 Å². The topological polar surface area (TPSA) is 46.0 Å². The summed E-state index contributed by atoms with van der Waals surface area (Å²) in [6.45, 7) is 0.318. The highest BCUT2D eigenvalue weighted by Crippen LogP contribution is 2.28. The summed E-state index contributed by atoms with van der Waals surface area (Å²) in [6, 6.07) is 5.17. The minimum atomic E-state index is -1.21. The zero-order chi connectivity index (χ0) is 17.6. The second-order valence-electron chi connectivity index (χ2n) is 5.78. The third-order valence-corrected chi connectivity index (χ3v) is 4.21. The maximum atomic E-state index is 14.1. The van der Waals surface area contributed by atoms with Crippen LogP contribution in [0.15, 0.2) is 42.9 Å². The molecule has 1 aliphatic rings. The van der Waals surface area contributed by atoms with Gasteiger partial charge in [0.15, 0.2) is 17.3 Å². The van der Waals surface area contributed by atoms with Crippen LogP contribution in [-0.2, 0) is 13.6 Å². The predicted octanol–water partition coefficient (Wildman–Crippen LogP) is 2.96. The standard InChI is InChI=1S/C17H14F3N5/c1-24-14(23-13-3-2-4-21-17(13)24)9-25-6-5-22-16(25)11-7-10(18)8-12(19)15(11)20/h2-8,16,22H,9H2,1H3. The lowest BCUT2D eigenvalue weighted by Crippen LogP contribution is -2.28. The van der Waals surface area contributed by atoms with Crippen molar-refractivity contribution in [1.82, 2.24) is 24.8 Å². The first-order chi connectivity index (χ1) is 12.0. The van der Waals surface area contributed by atoms with Crippen LogP contribution < -0.4 is 5.32 Å². The highest BCUT2D eigenvalue weighted by atomic mass is 19.2. The Hall–Kier alpha value is -3.03. The minimum Gasteiger partial charge on any atom is -0.366 e. The molecular formula is C17H14F3N5. The SMILES string of the molecule is Cn1c(CN2C=CNC2c2cc(F)cc(F)c2F)nc2cccnc21. The monoisotopic (exact) mass is 345 g/mol. The molecule has 1 aliphatic heterocycles. The van der Waals surface area contributed by atoms with Crippen molar-refractivity contribution < 1.29 is 13.2 Å². The number of imidazole rings is 1. The smallest absolute Gasteiger partial charge is 0.166 e. The van der Waals surface area contributed by atoms with Crippen LogP contribution in [0.4, 0.5) is 13.2 Å². The van der Waals surface area contributed by atoms with Gasteiger partial charge in [-0.3, -0.25) is 0 Å². The van der Waals surface area contributed by atoms with E-state index in [-0.39, 0.29) is 5.56 Å². The summed E-state index contributed by atoms with van der Waals surface area (Å²) >= 11 is 0. The lowest BCUT2D eigenvalue weighted by molar-refractivity contribution is 0.258. The Labute approximate surface area is 141 Å². The largest absolute Gasteiger partial charge is 0.366 e. The minimum absolute atomic E-state index is 0.0978. The quantitative estimate of drug-likeness (QED) is 0.742. The van der Waals surface area contributed by atoms with E-state index < -0.39 is 23.6 Å². The zero-order valence-electron chi connectivity index (χ0n) is 13.2. The highest BCUT2D eigenvalue weighted by Gasteiger charge is 2.27. The molecule has 5 nitrogen and oxygen atoms in total. The van der Waals surface area contributed by atoms with Crippen molar-refractivity contribution in [2.24, 2.45) is 7.05 Å². The molecule has 1 N–H and O–H groups in total. The number of pyridine rings is 1. The molecule has 2 aromatic heterocycles. The van der Waals surface area contributed by atoms with Crippen molar-refractivity contribution in [2.75, 3.05) is 0 Å². The number of aryl methyl sites for hydroxylation is 1. The van der Waals surface area contributed by atoms with Crippen LogP contribution in [-0.4, -0.2) is 19.4 Å². The van der Waals surface area contributed by atoms with Gasteiger partial charge in [-0.05, 0) is 18.2 Å². The molecule has 0 saturated carbocycles. The molecular weight excluding hydrogens is 331 g/mol. The molecule has 0 spiro atoms. The lowest BCUT2D eigenvalue weighted by atomic mass is 10.1. The second kappa shape index (κ2) is 5.80. The van der Waals surface area contributed by atoms with Crippen LogP contribution in [0.25, 0.3) is 11.2 Å². The number of aromatic nitrogens is 3. The number of benzene rings is 1. The molecule has 25 heavy (non-hydrogen) atoms. The van der Waals surface area contributed by atoms with E-state index in [9.17, 15) is 13.2 Å². The van der Waals surface area contributed by atoms with E-state index in [1.807, 2.05) is 17.7 Å². The fourth-order valence-corrected chi connectivity index (χ4v) is 2.97. The van der Waals surface area contributed by atoms with Crippen LogP contribution in [0.5, 0.6) is 0 Å². The number of hydrogen-bond acceptors (Lipinski definition) is 4. The maximum Gasteiger partial charge on any atom is 0.166 e. The average molecular weight is 345 g/mol. The van der Waals surface area contributed by atoms with Crippen molar-refractivity contribution in [3.63, 3.8) is 0 Å². The van der Waals surface area contributed by atoms with Crippen molar-refractivity contribution >= 4 is 11.2 Å². The van der Waals surface area contributed by atoms with Gasteiger partial charge in [0.25, 0.3) is 0 Å². The molecule has 0 bridgehead atoms. The third kappa shape index (κ3) is 2.59. The maximum absolute atomic E-state index is 14.1. The van der Waals surface area contributed by atoms with E-state index in [0.29, 0.717) is 18.4 Å². The van der Waals surface area contributed by atoms with Gasteiger partial charge in [-0.15, -0.1) is 0 Å². The Morgan fingerprint density at radius 3 is 2.88 bits per heavy atom. The Bertz CT molecular complexity index is 982. The Balaban J connectivity index is 1.68. The first-order valence-electron chi connectivity index (χ1n) is 7.64. The fourth-order valence-electron chi connectivity index (χ4n) is 2.97. The Kier molecular flexibility index (Phi) is 3.60. The van der Waals surface area contributed by atoms with Crippen LogP contribution >= 0.6 is 0 Å². The molecule has 3 heterocycles. The van der Waals surface area contributed by atoms with Gasteiger partial charge in [0.05, 0.1) is 6.54 Å². The first kappa shape index (κ1) is 15.5. The number of nitrogens with zero attached hydrogens (tertiary/aromatic N) is 4. The second-order valence-corrected chi connectivity index (χ2v) is 5.78.